The van der Waals surface area contributed by atoms with Crippen molar-refractivity contribution in [1.29, 1.82) is 0 Å². The highest BCUT2D eigenvalue weighted by atomic mass is 15.1. The van der Waals surface area contributed by atoms with Gasteiger partial charge in [-0.05, 0) is 117 Å². The zero-order valence-electron chi connectivity index (χ0n) is 27.6. The molecule has 0 N–H and O–H groups in total. The summed E-state index contributed by atoms with van der Waals surface area (Å²) in [4.78, 5) is 2.52. The van der Waals surface area contributed by atoms with E-state index in [9.17, 15) is 0 Å². The van der Waals surface area contributed by atoms with Crippen LogP contribution < -0.4 is 4.90 Å². The third-order valence-electron chi connectivity index (χ3n) is 11.4. The molecular formula is C48H37N. The standard InChI is InChI=1S/C48H37N/c1-3-13-33(14-4-1)35-21-22-36-29-37-30-38(23-25-40(37)44(36)31-35)49(47-20-10-8-17-41(47)34-15-5-2-6-16-34)39-24-26-43-42-18-7-9-19-45(42)48(46(43)32-39)27-11-12-28-48/h1-10,13-26,30-32H,11-12,27-29H2. The van der Waals surface area contributed by atoms with Crippen LogP contribution in [-0.2, 0) is 11.8 Å². The number of benzene rings is 7. The third-order valence-corrected chi connectivity index (χ3v) is 11.4. The van der Waals surface area contributed by atoms with E-state index >= 15 is 0 Å². The van der Waals surface area contributed by atoms with Gasteiger partial charge >= 0.3 is 0 Å². The Balaban J connectivity index is 1.14. The van der Waals surface area contributed by atoms with Gasteiger partial charge in [0.2, 0.25) is 0 Å². The average molecular weight is 628 g/mol. The molecular weight excluding hydrogens is 591 g/mol. The second-order valence-electron chi connectivity index (χ2n) is 14.0. The van der Waals surface area contributed by atoms with E-state index in [0.29, 0.717) is 0 Å². The number of rotatable bonds is 5. The molecule has 3 aliphatic rings. The van der Waals surface area contributed by atoms with Crippen molar-refractivity contribution in [2.75, 3.05) is 4.90 Å². The van der Waals surface area contributed by atoms with Gasteiger partial charge in [0.25, 0.3) is 0 Å². The van der Waals surface area contributed by atoms with Crippen molar-refractivity contribution in [2.45, 2.75) is 37.5 Å². The molecule has 7 aromatic rings. The topological polar surface area (TPSA) is 3.24 Å². The lowest BCUT2D eigenvalue weighted by Crippen LogP contribution is -2.21. The van der Waals surface area contributed by atoms with E-state index in [0.717, 1.165) is 6.42 Å². The van der Waals surface area contributed by atoms with Crippen molar-refractivity contribution < 1.29 is 0 Å². The molecule has 1 saturated carbocycles. The summed E-state index contributed by atoms with van der Waals surface area (Å²) in [6.07, 6.45) is 5.97. The Morgan fingerprint density at radius 2 is 1.02 bits per heavy atom. The van der Waals surface area contributed by atoms with Crippen LogP contribution in [0.1, 0.15) is 47.9 Å². The highest BCUT2D eigenvalue weighted by Gasteiger charge is 2.45. The van der Waals surface area contributed by atoms with E-state index in [1.807, 2.05) is 0 Å². The van der Waals surface area contributed by atoms with Crippen LogP contribution in [0.4, 0.5) is 17.1 Å². The molecule has 0 atom stereocenters. The Hall–Kier alpha value is -5.66. The smallest absolute Gasteiger partial charge is 0.0540 e. The first kappa shape index (κ1) is 28.4. The molecule has 0 unspecified atom stereocenters. The largest absolute Gasteiger partial charge is 0.310 e. The van der Waals surface area contributed by atoms with Crippen molar-refractivity contribution in [2.24, 2.45) is 0 Å². The van der Waals surface area contributed by atoms with E-state index in [-0.39, 0.29) is 5.41 Å². The number of nitrogens with zero attached hydrogens (tertiary/aromatic N) is 1. The van der Waals surface area contributed by atoms with Crippen LogP contribution in [-0.4, -0.2) is 0 Å². The molecule has 10 rings (SSSR count). The molecule has 0 saturated heterocycles. The van der Waals surface area contributed by atoms with Gasteiger partial charge in [0.05, 0.1) is 5.69 Å². The van der Waals surface area contributed by atoms with Crippen LogP contribution in [0.25, 0.3) is 44.5 Å². The van der Waals surface area contributed by atoms with E-state index in [1.165, 1.54) is 110 Å². The summed E-state index contributed by atoms with van der Waals surface area (Å²) in [6, 6.07) is 61.1. The second kappa shape index (κ2) is 11.2. The molecule has 7 aromatic carbocycles. The van der Waals surface area contributed by atoms with Gasteiger partial charge in [-0.15, -0.1) is 0 Å². The van der Waals surface area contributed by atoms with Gasteiger partial charge in [0, 0.05) is 22.4 Å². The molecule has 0 radical (unpaired) electrons. The van der Waals surface area contributed by atoms with Crippen LogP contribution in [0, 0.1) is 0 Å². The first-order valence-corrected chi connectivity index (χ1v) is 17.8. The molecule has 49 heavy (non-hydrogen) atoms. The van der Waals surface area contributed by atoms with Gasteiger partial charge in [-0.25, -0.2) is 0 Å². The maximum Gasteiger partial charge on any atom is 0.0540 e. The summed E-state index contributed by atoms with van der Waals surface area (Å²) in [5.74, 6) is 0. The highest BCUT2D eigenvalue weighted by Crippen LogP contribution is 2.58. The van der Waals surface area contributed by atoms with Crippen LogP contribution in [0.5, 0.6) is 0 Å². The molecule has 234 valence electrons. The quantitative estimate of drug-likeness (QED) is 0.183. The normalized spacial score (nSPS) is 14.7. The van der Waals surface area contributed by atoms with Gasteiger partial charge in [-0.2, -0.15) is 0 Å². The lowest BCUT2D eigenvalue weighted by Gasteiger charge is -2.31. The Kier molecular flexibility index (Phi) is 6.49. The summed E-state index contributed by atoms with van der Waals surface area (Å²) < 4.78 is 0. The summed E-state index contributed by atoms with van der Waals surface area (Å²) >= 11 is 0. The van der Waals surface area contributed by atoms with Crippen LogP contribution in [0.3, 0.4) is 0 Å². The van der Waals surface area contributed by atoms with Crippen molar-refractivity contribution in [3.8, 4) is 44.5 Å². The summed E-state index contributed by atoms with van der Waals surface area (Å²) in [5.41, 5.74) is 20.1. The van der Waals surface area contributed by atoms with Gasteiger partial charge < -0.3 is 4.90 Å². The summed E-state index contributed by atoms with van der Waals surface area (Å²) in [5, 5.41) is 0. The zero-order chi connectivity index (χ0) is 32.4. The first-order chi connectivity index (χ1) is 24.3. The fraction of sp³-hybridized carbons (Fsp3) is 0.125. The molecule has 3 aliphatic carbocycles. The van der Waals surface area contributed by atoms with Gasteiger partial charge in [-0.1, -0.05) is 140 Å². The van der Waals surface area contributed by atoms with Gasteiger partial charge in [-0.3, -0.25) is 0 Å². The van der Waals surface area contributed by atoms with E-state index in [2.05, 4.69) is 169 Å². The average Bonchev–Trinajstić information content (AvgIpc) is 3.88. The maximum absolute atomic E-state index is 2.54. The van der Waals surface area contributed by atoms with Gasteiger partial charge in [0.15, 0.2) is 0 Å². The van der Waals surface area contributed by atoms with Crippen LogP contribution >= 0.6 is 0 Å². The molecule has 0 amide bonds. The van der Waals surface area contributed by atoms with Crippen molar-refractivity contribution in [3.05, 3.63) is 186 Å². The molecule has 0 aliphatic heterocycles. The second-order valence-corrected chi connectivity index (χ2v) is 14.0. The molecule has 1 spiro atoms. The fourth-order valence-electron chi connectivity index (χ4n) is 9.18. The Morgan fingerprint density at radius 1 is 0.388 bits per heavy atom. The minimum absolute atomic E-state index is 0.114. The number of para-hydroxylation sites is 1. The van der Waals surface area contributed by atoms with Gasteiger partial charge in [0.1, 0.15) is 0 Å². The Bertz CT molecular complexity index is 2360. The van der Waals surface area contributed by atoms with Crippen LogP contribution in [0.2, 0.25) is 0 Å². The third kappa shape index (κ3) is 4.46. The molecule has 0 bridgehead atoms. The fourth-order valence-corrected chi connectivity index (χ4v) is 9.18. The highest BCUT2D eigenvalue weighted by molar-refractivity contribution is 5.92. The SMILES string of the molecule is c1ccc(-c2ccc3c(c2)-c2ccc(N(c4ccc5c(c4)C4(CCCC4)c4ccccc4-5)c4ccccc4-c4ccccc4)cc2C3)cc1. The van der Waals surface area contributed by atoms with E-state index in [1.54, 1.807) is 0 Å². The summed E-state index contributed by atoms with van der Waals surface area (Å²) in [6.45, 7) is 0. The minimum Gasteiger partial charge on any atom is -0.310 e. The number of hydrogen-bond donors (Lipinski definition) is 0. The lowest BCUT2D eigenvalue weighted by atomic mass is 9.76. The molecule has 0 aromatic heterocycles. The lowest BCUT2D eigenvalue weighted by molar-refractivity contribution is 0.550. The van der Waals surface area contributed by atoms with Crippen molar-refractivity contribution >= 4 is 17.1 Å². The number of anilines is 3. The minimum atomic E-state index is 0.114. The molecule has 0 heterocycles. The monoisotopic (exact) mass is 627 g/mol. The first-order valence-electron chi connectivity index (χ1n) is 17.8. The van der Waals surface area contributed by atoms with E-state index in [4.69, 9.17) is 0 Å². The molecule has 1 fully saturated rings. The Morgan fingerprint density at radius 3 is 1.82 bits per heavy atom. The molecule has 1 nitrogen and oxygen atoms in total. The number of fused-ring (bicyclic) bond motifs is 8. The van der Waals surface area contributed by atoms with Crippen LogP contribution in [0.15, 0.2) is 164 Å². The van der Waals surface area contributed by atoms with Crippen molar-refractivity contribution in [3.63, 3.8) is 0 Å². The number of hydrogen-bond acceptors (Lipinski definition) is 1. The summed E-state index contributed by atoms with van der Waals surface area (Å²) in [7, 11) is 0. The zero-order valence-corrected chi connectivity index (χ0v) is 27.6. The maximum atomic E-state index is 2.54. The molecule has 1 heteroatoms. The predicted octanol–water partition coefficient (Wildman–Crippen LogP) is 12.9. The predicted molar refractivity (Wildman–Crippen MR) is 205 cm³/mol. The van der Waals surface area contributed by atoms with Crippen molar-refractivity contribution in [1.82, 2.24) is 0 Å². The van der Waals surface area contributed by atoms with E-state index < -0.39 is 0 Å². The Labute approximate surface area is 289 Å².